The lowest BCUT2D eigenvalue weighted by molar-refractivity contribution is -0.142. The van der Waals surface area contributed by atoms with Crippen molar-refractivity contribution in [3.8, 4) is 11.8 Å². The van der Waals surface area contributed by atoms with E-state index in [4.69, 9.17) is 19.6 Å². The van der Waals surface area contributed by atoms with Crippen LogP contribution in [0.4, 0.5) is 4.79 Å². The predicted octanol–water partition coefficient (Wildman–Crippen LogP) is 3.55. The third-order valence-electron chi connectivity index (χ3n) is 4.53. The lowest BCUT2D eigenvalue weighted by atomic mass is 9.99. The number of likely N-dealkylation sites (tertiary alicyclic amines) is 1. The molecular formula is C22H31N3O5. The molecule has 0 unspecified atom stereocenters. The molecule has 30 heavy (non-hydrogen) atoms. The fourth-order valence-electron chi connectivity index (χ4n) is 3.01. The van der Waals surface area contributed by atoms with Gasteiger partial charge >= 0.3 is 12.1 Å². The topological polar surface area (TPSA) is 101 Å². The van der Waals surface area contributed by atoms with Crippen LogP contribution >= 0.6 is 0 Å². The van der Waals surface area contributed by atoms with Crippen LogP contribution in [0.15, 0.2) is 24.3 Å². The van der Waals surface area contributed by atoms with Crippen molar-refractivity contribution in [3.63, 3.8) is 0 Å². The molecule has 0 saturated carbocycles. The van der Waals surface area contributed by atoms with E-state index in [9.17, 15) is 9.59 Å². The highest BCUT2D eigenvalue weighted by Gasteiger charge is 2.39. The van der Waals surface area contributed by atoms with Crippen molar-refractivity contribution in [1.29, 1.82) is 5.26 Å². The van der Waals surface area contributed by atoms with Crippen molar-refractivity contribution >= 4 is 12.1 Å². The zero-order valence-corrected chi connectivity index (χ0v) is 18.1. The van der Waals surface area contributed by atoms with Crippen LogP contribution in [-0.2, 0) is 14.4 Å². The zero-order chi connectivity index (χ0) is 22.1. The van der Waals surface area contributed by atoms with Gasteiger partial charge in [0.15, 0.2) is 0 Å². The van der Waals surface area contributed by atoms with Crippen LogP contribution in [0, 0.1) is 11.3 Å². The van der Waals surface area contributed by atoms with Gasteiger partial charge in [0.05, 0.1) is 24.3 Å². The number of benzene rings is 1. The van der Waals surface area contributed by atoms with Gasteiger partial charge in [0.1, 0.15) is 17.4 Å². The number of esters is 1. The molecule has 1 aliphatic rings. The van der Waals surface area contributed by atoms with Gasteiger partial charge in [-0.2, -0.15) is 10.7 Å². The second-order valence-corrected chi connectivity index (χ2v) is 8.30. The minimum absolute atomic E-state index is 0.103. The van der Waals surface area contributed by atoms with E-state index < -0.39 is 23.7 Å². The average Bonchev–Trinajstić information content (AvgIpc) is 2.70. The number of hydrogen-bond acceptors (Lipinski definition) is 7. The maximum atomic E-state index is 12.8. The molecule has 0 aromatic heterocycles. The smallest absolute Gasteiger partial charge is 0.411 e. The maximum Gasteiger partial charge on any atom is 0.411 e. The van der Waals surface area contributed by atoms with E-state index >= 15 is 0 Å². The summed E-state index contributed by atoms with van der Waals surface area (Å²) in [5.74, 6) is -0.206. The molecule has 1 N–H and O–H groups in total. The van der Waals surface area contributed by atoms with Gasteiger partial charge in [0, 0.05) is 6.54 Å². The first-order valence-corrected chi connectivity index (χ1v) is 10.3. The second-order valence-electron chi connectivity index (χ2n) is 8.30. The number of hydroxylamine groups is 1. The Bertz CT molecular complexity index is 752. The summed E-state index contributed by atoms with van der Waals surface area (Å²) in [6.07, 6.45) is 2.47. The summed E-state index contributed by atoms with van der Waals surface area (Å²) < 4.78 is 11.0. The van der Waals surface area contributed by atoms with Crippen LogP contribution in [0.1, 0.15) is 58.9 Å². The minimum Gasteiger partial charge on any atom is -0.444 e. The number of nitriles is 1. The lowest BCUT2D eigenvalue weighted by Crippen LogP contribution is -2.57. The van der Waals surface area contributed by atoms with E-state index in [1.165, 1.54) is 4.90 Å². The molecule has 8 nitrogen and oxygen atoms in total. The van der Waals surface area contributed by atoms with Gasteiger partial charge in [-0.1, -0.05) is 13.3 Å². The van der Waals surface area contributed by atoms with E-state index in [-0.39, 0.29) is 12.6 Å². The van der Waals surface area contributed by atoms with Crippen LogP contribution < -0.4 is 10.2 Å². The number of amides is 1. The van der Waals surface area contributed by atoms with Crippen LogP contribution in [-0.4, -0.2) is 47.8 Å². The van der Waals surface area contributed by atoms with Gasteiger partial charge < -0.3 is 14.3 Å². The molecule has 1 aromatic carbocycles. The number of piperidine rings is 1. The zero-order valence-electron chi connectivity index (χ0n) is 18.1. The number of nitrogens with one attached hydrogen (secondary N) is 1. The van der Waals surface area contributed by atoms with Gasteiger partial charge in [0.2, 0.25) is 0 Å². The summed E-state index contributed by atoms with van der Waals surface area (Å²) in [5, 5.41) is 8.89. The normalized spacial score (nSPS) is 19.1. The number of hydrogen-bond donors (Lipinski definition) is 1. The fourth-order valence-corrected chi connectivity index (χ4v) is 3.01. The van der Waals surface area contributed by atoms with Crippen molar-refractivity contribution in [2.45, 2.75) is 71.1 Å². The highest BCUT2D eigenvalue weighted by molar-refractivity contribution is 5.83. The van der Waals surface area contributed by atoms with Crippen LogP contribution in [0.2, 0.25) is 0 Å². The third-order valence-corrected chi connectivity index (χ3v) is 4.53. The van der Waals surface area contributed by atoms with Gasteiger partial charge in [-0.15, -0.1) is 0 Å². The summed E-state index contributed by atoms with van der Waals surface area (Å²) in [7, 11) is 0. The van der Waals surface area contributed by atoms with E-state index in [1.54, 1.807) is 45.0 Å². The molecule has 0 bridgehead atoms. The first-order valence-electron chi connectivity index (χ1n) is 10.3. The van der Waals surface area contributed by atoms with Crippen LogP contribution in [0.25, 0.3) is 0 Å². The summed E-state index contributed by atoms with van der Waals surface area (Å²) in [6.45, 7) is 8.28. The first kappa shape index (κ1) is 23.6. The van der Waals surface area contributed by atoms with Gasteiger partial charge in [-0.05, 0) is 64.3 Å². The van der Waals surface area contributed by atoms with Gasteiger partial charge in [-0.3, -0.25) is 4.90 Å². The molecular weight excluding hydrogens is 386 g/mol. The molecule has 1 aliphatic heterocycles. The number of nitrogens with zero attached hydrogens (tertiary/aromatic N) is 2. The van der Waals surface area contributed by atoms with E-state index in [1.807, 2.05) is 6.07 Å². The van der Waals surface area contributed by atoms with Crippen molar-refractivity contribution in [2.24, 2.45) is 0 Å². The van der Waals surface area contributed by atoms with Crippen molar-refractivity contribution in [1.82, 2.24) is 10.4 Å². The molecule has 2 atom stereocenters. The van der Waals surface area contributed by atoms with Crippen molar-refractivity contribution in [2.75, 3.05) is 13.2 Å². The van der Waals surface area contributed by atoms with Crippen LogP contribution in [0.5, 0.6) is 5.75 Å². The van der Waals surface area contributed by atoms with Crippen molar-refractivity contribution < 1.29 is 23.9 Å². The van der Waals surface area contributed by atoms with Crippen LogP contribution in [0.3, 0.4) is 0 Å². The Kier molecular flexibility index (Phi) is 8.63. The maximum absolute atomic E-state index is 12.8. The third kappa shape index (κ3) is 7.32. The van der Waals surface area contributed by atoms with Gasteiger partial charge in [-0.25, -0.2) is 9.59 Å². The van der Waals surface area contributed by atoms with Crippen molar-refractivity contribution in [3.05, 3.63) is 29.8 Å². The molecule has 164 valence electrons. The second kappa shape index (κ2) is 11.0. The summed E-state index contributed by atoms with van der Waals surface area (Å²) in [4.78, 5) is 32.5. The van der Waals surface area contributed by atoms with Gasteiger partial charge in [0.25, 0.3) is 0 Å². The number of rotatable bonds is 7. The molecule has 1 amide bonds. The standard InChI is InChI=1S/C22H31N3O5/c1-5-6-13-28-24-17-9-12-19(25(15-17)21(27)30-22(2,3)4)20(26)29-18-10-7-16(14-23)8-11-18/h7-8,10-11,17,19,24H,5-6,9,12-13,15H2,1-4H3/t17-,19+/m1/s1. The Labute approximate surface area is 178 Å². The Morgan fingerprint density at radius 1 is 1.23 bits per heavy atom. The molecule has 2 rings (SSSR count). The number of carbonyl (C=O) groups excluding carboxylic acids is 2. The Morgan fingerprint density at radius 3 is 2.53 bits per heavy atom. The molecule has 0 radical (unpaired) electrons. The van der Waals surface area contributed by atoms with E-state index in [0.29, 0.717) is 30.8 Å². The number of carbonyl (C=O) groups is 2. The quantitative estimate of drug-likeness (QED) is 0.313. The highest BCUT2D eigenvalue weighted by Crippen LogP contribution is 2.23. The summed E-state index contributed by atoms with van der Waals surface area (Å²) in [5.41, 5.74) is 2.78. The fraction of sp³-hybridized carbons (Fsp3) is 0.591. The lowest BCUT2D eigenvalue weighted by Gasteiger charge is -2.38. The summed E-state index contributed by atoms with van der Waals surface area (Å²) in [6, 6.07) is 7.41. The average molecular weight is 418 g/mol. The molecule has 1 heterocycles. The Balaban J connectivity index is 2.07. The van der Waals surface area contributed by atoms with E-state index in [0.717, 1.165) is 12.8 Å². The molecule has 0 aliphatic carbocycles. The Hall–Kier alpha value is -2.63. The molecule has 8 heteroatoms. The van der Waals surface area contributed by atoms with E-state index in [2.05, 4.69) is 12.4 Å². The minimum atomic E-state index is -0.760. The SMILES string of the molecule is CCCCON[C@@H]1CC[C@@H](C(=O)Oc2ccc(C#N)cc2)N(C(=O)OC(C)(C)C)C1. The highest BCUT2D eigenvalue weighted by atomic mass is 16.6. The molecule has 1 fully saturated rings. The Morgan fingerprint density at radius 2 is 1.93 bits per heavy atom. The largest absolute Gasteiger partial charge is 0.444 e. The molecule has 0 spiro atoms. The number of ether oxygens (including phenoxy) is 2. The summed E-state index contributed by atoms with van der Waals surface area (Å²) >= 11 is 0. The predicted molar refractivity (Wildman–Crippen MR) is 111 cm³/mol. The first-order chi connectivity index (χ1) is 14.2. The molecule has 1 aromatic rings. The number of unbranched alkanes of at least 4 members (excludes halogenated alkanes) is 1. The monoisotopic (exact) mass is 417 g/mol. The molecule has 1 saturated heterocycles.